The highest BCUT2D eigenvalue weighted by Crippen LogP contribution is 2.37. The van der Waals surface area contributed by atoms with E-state index in [-0.39, 0.29) is 6.10 Å². The molecule has 0 spiro atoms. The normalized spacial score (nSPS) is 31.4. The van der Waals surface area contributed by atoms with Crippen LogP contribution in [-0.4, -0.2) is 28.2 Å². The molecule has 2 fully saturated rings. The lowest BCUT2D eigenvalue weighted by Gasteiger charge is -2.48. The van der Waals surface area contributed by atoms with Crippen molar-refractivity contribution < 1.29 is 5.11 Å². The largest absolute Gasteiger partial charge is 0.393 e. The maximum atomic E-state index is 9.93. The van der Waals surface area contributed by atoms with E-state index < -0.39 is 0 Å². The molecule has 0 aromatic heterocycles. The average molecular weight is 300 g/mol. The van der Waals surface area contributed by atoms with Crippen LogP contribution in [0.2, 0.25) is 10.0 Å². The summed E-state index contributed by atoms with van der Waals surface area (Å²) in [6.45, 7) is 0.806. The van der Waals surface area contributed by atoms with Gasteiger partial charge in [0.2, 0.25) is 0 Å². The molecule has 19 heavy (non-hydrogen) atoms. The molecule has 1 aromatic rings. The second kappa shape index (κ2) is 5.61. The molecule has 2 aliphatic rings. The highest BCUT2D eigenvalue weighted by atomic mass is 35.5. The van der Waals surface area contributed by atoms with Gasteiger partial charge in [-0.3, -0.25) is 4.90 Å². The number of aliphatic hydroxyl groups is 1. The molecular weight excluding hydrogens is 281 g/mol. The molecule has 2 bridgehead atoms. The van der Waals surface area contributed by atoms with E-state index in [1.54, 1.807) is 0 Å². The van der Waals surface area contributed by atoms with Crippen molar-refractivity contribution in [2.75, 3.05) is 0 Å². The summed E-state index contributed by atoms with van der Waals surface area (Å²) >= 11 is 12.5. The Morgan fingerprint density at radius 3 is 2.26 bits per heavy atom. The zero-order valence-corrected chi connectivity index (χ0v) is 12.4. The third kappa shape index (κ3) is 2.78. The number of piperidine rings is 2. The fourth-order valence-electron chi connectivity index (χ4n) is 3.57. The van der Waals surface area contributed by atoms with E-state index in [1.807, 2.05) is 18.2 Å². The quantitative estimate of drug-likeness (QED) is 0.896. The monoisotopic (exact) mass is 299 g/mol. The number of nitrogens with zero attached hydrogens (tertiary/aromatic N) is 1. The number of benzene rings is 1. The molecule has 1 N–H and O–H groups in total. The van der Waals surface area contributed by atoms with Gasteiger partial charge in [-0.05, 0) is 37.8 Å². The Balaban J connectivity index is 1.83. The van der Waals surface area contributed by atoms with E-state index in [2.05, 4.69) is 4.90 Å². The maximum Gasteiger partial charge on any atom is 0.0570 e. The minimum atomic E-state index is -0.131. The fraction of sp³-hybridized carbons (Fsp3) is 0.600. The first kappa shape index (κ1) is 13.7. The van der Waals surface area contributed by atoms with Crippen LogP contribution < -0.4 is 0 Å². The van der Waals surface area contributed by atoms with Crippen molar-refractivity contribution in [3.8, 4) is 0 Å². The molecule has 2 nitrogen and oxygen atoms in total. The first-order valence-electron chi connectivity index (χ1n) is 7.02. The SMILES string of the molecule is OC1C[C@H]2CCC[C@@H](C1)N2Cc1c(Cl)cccc1Cl. The summed E-state index contributed by atoms with van der Waals surface area (Å²) in [7, 11) is 0. The van der Waals surface area contributed by atoms with Gasteiger partial charge in [-0.15, -0.1) is 0 Å². The van der Waals surface area contributed by atoms with Gasteiger partial charge >= 0.3 is 0 Å². The van der Waals surface area contributed by atoms with Crippen molar-refractivity contribution >= 4 is 23.2 Å². The molecule has 1 aromatic carbocycles. The molecular formula is C15H19Cl2NO. The summed E-state index contributed by atoms with van der Waals surface area (Å²) in [5.74, 6) is 0. The molecule has 104 valence electrons. The van der Waals surface area contributed by atoms with Crippen LogP contribution in [0.25, 0.3) is 0 Å². The highest BCUT2D eigenvalue weighted by Gasteiger charge is 2.37. The molecule has 0 saturated carbocycles. The Kier molecular flexibility index (Phi) is 4.04. The van der Waals surface area contributed by atoms with Crippen LogP contribution in [0.3, 0.4) is 0 Å². The second-order valence-corrected chi connectivity index (χ2v) is 6.55. The van der Waals surface area contributed by atoms with Crippen molar-refractivity contribution in [1.82, 2.24) is 4.90 Å². The molecule has 3 rings (SSSR count). The van der Waals surface area contributed by atoms with Crippen LogP contribution >= 0.6 is 23.2 Å². The summed E-state index contributed by atoms with van der Waals surface area (Å²) in [6.07, 6.45) is 5.27. The summed E-state index contributed by atoms with van der Waals surface area (Å²) in [5, 5.41) is 11.4. The number of hydrogen-bond acceptors (Lipinski definition) is 2. The first-order chi connectivity index (χ1) is 9.15. The van der Waals surface area contributed by atoms with Crippen LogP contribution in [0.5, 0.6) is 0 Å². The highest BCUT2D eigenvalue weighted by molar-refractivity contribution is 6.35. The Morgan fingerprint density at radius 1 is 1.11 bits per heavy atom. The van der Waals surface area contributed by atoms with Crippen molar-refractivity contribution in [3.05, 3.63) is 33.8 Å². The molecule has 0 radical (unpaired) electrons. The van der Waals surface area contributed by atoms with Crippen LogP contribution in [-0.2, 0) is 6.54 Å². The van der Waals surface area contributed by atoms with E-state index in [4.69, 9.17) is 23.2 Å². The first-order valence-corrected chi connectivity index (χ1v) is 7.77. The molecule has 2 saturated heterocycles. The van der Waals surface area contributed by atoms with E-state index in [9.17, 15) is 5.11 Å². The van der Waals surface area contributed by atoms with Gasteiger partial charge in [-0.2, -0.15) is 0 Å². The number of fused-ring (bicyclic) bond motifs is 2. The van der Waals surface area contributed by atoms with Crippen molar-refractivity contribution in [3.63, 3.8) is 0 Å². The number of halogens is 2. The molecule has 1 unspecified atom stereocenters. The van der Waals surface area contributed by atoms with Gasteiger partial charge in [0.15, 0.2) is 0 Å². The zero-order chi connectivity index (χ0) is 13.4. The summed E-state index contributed by atoms with van der Waals surface area (Å²) in [6, 6.07) is 6.65. The van der Waals surface area contributed by atoms with E-state index in [0.29, 0.717) is 12.1 Å². The summed E-state index contributed by atoms with van der Waals surface area (Å²) in [4.78, 5) is 2.50. The smallest absolute Gasteiger partial charge is 0.0570 e. The maximum absolute atomic E-state index is 9.93. The number of aliphatic hydroxyl groups excluding tert-OH is 1. The van der Waals surface area contributed by atoms with Crippen LogP contribution in [0, 0.1) is 0 Å². The molecule has 0 aliphatic carbocycles. The Labute approximate surface area is 124 Å². The molecule has 3 atom stereocenters. The summed E-state index contributed by atoms with van der Waals surface area (Å²) < 4.78 is 0. The number of hydrogen-bond donors (Lipinski definition) is 1. The van der Waals surface area contributed by atoms with Gasteiger partial charge < -0.3 is 5.11 Å². The van der Waals surface area contributed by atoms with Crippen molar-refractivity contribution in [2.24, 2.45) is 0 Å². The minimum absolute atomic E-state index is 0.131. The minimum Gasteiger partial charge on any atom is -0.393 e. The van der Waals surface area contributed by atoms with Gasteiger partial charge in [0, 0.05) is 34.2 Å². The van der Waals surface area contributed by atoms with Crippen molar-refractivity contribution in [1.29, 1.82) is 0 Å². The van der Waals surface area contributed by atoms with Crippen LogP contribution in [0.4, 0.5) is 0 Å². The van der Waals surface area contributed by atoms with Gasteiger partial charge in [0.1, 0.15) is 0 Å². The lowest BCUT2D eigenvalue weighted by atomic mass is 9.82. The summed E-state index contributed by atoms with van der Waals surface area (Å²) in [5.41, 5.74) is 1.03. The van der Waals surface area contributed by atoms with Gasteiger partial charge in [0.25, 0.3) is 0 Å². The molecule has 2 aliphatic heterocycles. The van der Waals surface area contributed by atoms with Gasteiger partial charge in [0.05, 0.1) is 6.10 Å². The fourth-order valence-corrected chi connectivity index (χ4v) is 4.09. The van der Waals surface area contributed by atoms with E-state index in [1.165, 1.54) is 19.3 Å². The van der Waals surface area contributed by atoms with Crippen LogP contribution in [0.1, 0.15) is 37.7 Å². The average Bonchev–Trinajstić information content (AvgIpc) is 2.34. The lowest BCUT2D eigenvalue weighted by molar-refractivity contribution is -0.0312. The Hall–Kier alpha value is -0.280. The Bertz CT molecular complexity index is 431. The molecule has 0 amide bonds. The van der Waals surface area contributed by atoms with Crippen LogP contribution in [0.15, 0.2) is 18.2 Å². The molecule has 4 heteroatoms. The lowest BCUT2D eigenvalue weighted by Crippen LogP contribution is -2.52. The predicted octanol–water partition coefficient (Wildman–Crippen LogP) is 3.87. The molecule has 2 heterocycles. The zero-order valence-electron chi connectivity index (χ0n) is 10.9. The van der Waals surface area contributed by atoms with Gasteiger partial charge in [-0.25, -0.2) is 0 Å². The van der Waals surface area contributed by atoms with Gasteiger partial charge in [-0.1, -0.05) is 35.7 Å². The van der Waals surface area contributed by atoms with E-state index in [0.717, 1.165) is 35.0 Å². The topological polar surface area (TPSA) is 23.5 Å². The van der Waals surface area contributed by atoms with E-state index >= 15 is 0 Å². The third-order valence-corrected chi connectivity index (χ3v) is 5.21. The number of rotatable bonds is 2. The third-order valence-electron chi connectivity index (χ3n) is 4.50. The van der Waals surface area contributed by atoms with Crippen molar-refractivity contribution in [2.45, 2.75) is 56.8 Å². The predicted molar refractivity (Wildman–Crippen MR) is 78.7 cm³/mol. The second-order valence-electron chi connectivity index (χ2n) is 5.74. The standard InChI is InChI=1S/C15H19Cl2NO/c16-14-5-2-6-15(17)13(14)9-18-10-3-1-4-11(18)8-12(19)7-10/h2,5-6,10-12,19H,1,3-4,7-9H2/t10-,11+,12?. The Morgan fingerprint density at radius 2 is 1.68 bits per heavy atom.